The van der Waals surface area contributed by atoms with Crippen molar-refractivity contribution in [1.82, 2.24) is 10.3 Å². The Kier molecular flexibility index (Phi) is 6.51. The van der Waals surface area contributed by atoms with Gasteiger partial charge in [0.25, 0.3) is 0 Å². The standard InChI is InChI=1S/C15H14Br2Cl2N2/c1-2-5-20-14(9-3-4-12(18)13(19)6-9)15-11(17)7-10(16)8-21-15/h3-4,6-8,14,20H,2,5H2,1H3. The molecule has 1 N–H and O–H groups in total. The Hall–Kier alpha value is -0.130. The molecule has 0 amide bonds. The van der Waals surface area contributed by atoms with Gasteiger partial charge in [-0.05, 0) is 68.6 Å². The maximum atomic E-state index is 6.15. The Labute approximate surface area is 151 Å². The highest BCUT2D eigenvalue weighted by atomic mass is 79.9. The highest BCUT2D eigenvalue weighted by Crippen LogP contribution is 2.32. The first kappa shape index (κ1) is 17.2. The molecule has 2 nitrogen and oxygen atoms in total. The molecular weight excluding hydrogens is 439 g/mol. The average molecular weight is 453 g/mol. The molecule has 0 bridgehead atoms. The molecule has 0 aliphatic rings. The van der Waals surface area contributed by atoms with Crippen molar-refractivity contribution in [2.75, 3.05) is 6.54 Å². The second kappa shape index (κ2) is 7.93. The number of nitrogens with zero attached hydrogens (tertiary/aromatic N) is 1. The maximum Gasteiger partial charge on any atom is 0.0763 e. The van der Waals surface area contributed by atoms with Crippen LogP contribution in [0, 0.1) is 0 Å². The summed E-state index contributed by atoms with van der Waals surface area (Å²) in [5.41, 5.74) is 1.96. The van der Waals surface area contributed by atoms with Crippen LogP contribution in [-0.4, -0.2) is 11.5 Å². The molecule has 21 heavy (non-hydrogen) atoms. The molecule has 112 valence electrons. The third kappa shape index (κ3) is 4.42. The van der Waals surface area contributed by atoms with Gasteiger partial charge in [0.1, 0.15) is 0 Å². The Morgan fingerprint density at radius 1 is 1.19 bits per heavy atom. The van der Waals surface area contributed by atoms with Crippen LogP contribution in [0.3, 0.4) is 0 Å². The fourth-order valence-electron chi connectivity index (χ4n) is 1.99. The van der Waals surface area contributed by atoms with E-state index < -0.39 is 0 Å². The van der Waals surface area contributed by atoms with Crippen LogP contribution in [0.5, 0.6) is 0 Å². The van der Waals surface area contributed by atoms with Crippen LogP contribution in [0.15, 0.2) is 39.4 Å². The molecule has 1 heterocycles. The van der Waals surface area contributed by atoms with E-state index in [4.69, 9.17) is 23.2 Å². The Morgan fingerprint density at radius 3 is 2.57 bits per heavy atom. The van der Waals surface area contributed by atoms with E-state index in [1.165, 1.54) is 0 Å². The van der Waals surface area contributed by atoms with Gasteiger partial charge >= 0.3 is 0 Å². The zero-order valence-electron chi connectivity index (χ0n) is 11.3. The predicted molar refractivity (Wildman–Crippen MR) is 96.2 cm³/mol. The number of nitrogens with one attached hydrogen (secondary N) is 1. The number of benzene rings is 1. The van der Waals surface area contributed by atoms with Gasteiger partial charge in [0.05, 0.1) is 21.8 Å². The van der Waals surface area contributed by atoms with Gasteiger partial charge in [-0.2, -0.15) is 0 Å². The van der Waals surface area contributed by atoms with Crippen LogP contribution in [0.2, 0.25) is 10.0 Å². The Bertz CT molecular complexity index is 635. The summed E-state index contributed by atoms with van der Waals surface area (Å²) in [6.07, 6.45) is 2.82. The van der Waals surface area contributed by atoms with Crippen molar-refractivity contribution >= 4 is 55.1 Å². The number of pyridine rings is 1. The second-order valence-corrected chi connectivity index (χ2v) is 7.17. The summed E-state index contributed by atoms with van der Waals surface area (Å²) in [6.45, 7) is 3.01. The molecular formula is C15H14Br2Cl2N2. The Balaban J connectivity index is 2.44. The van der Waals surface area contributed by atoms with Gasteiger partial charge in [0, 0.05) is 15.1 Å². The quantitative estimate of drug-likeness (QED) is 0.601. The van der Waals surface area contributed by atoms with Crippen molar-refractivity contribution < 1.29 is 0 Å². The van der Waals surface area contributed by atoms with Crippen LogP contribution in [-0.2, 0) is 0 Å². The summed E-state index contributed by atoms with van der Waals surface area (Å²) in [5, 5.41) is 4.60. The topological polar surface area (TPSA) is 24.9 Å². The summed E-state index contributed by atoms with van der Waals surface area (Å²) in [5.74, 6) is 0. The molecule has 1 aromatic carbocycles. The minimum atomic E-state index is -0.0396. The average Bonchev–Trinajstić information content (AvgIpc) is 2.44. The van der Waals surface area contributed by atoms with Crippen molar-refractivity contribution in [3.63, 3.8) is 0 Å². The molecule has 1 unspecified atom stereocenters. The first-order valence-corrected chi connectivity index (χ1v) is 8.86. The zero-order chi connectivity index (χ0) is 15.4. The van der Waals surface area contributed by atoms with E-state index >= 15 is 0 Å². The van der Waals surface area contributed by atoms with Gasteiger partial charge in [-0.1, -0.05) is 36.2 Å². The lowest BCUT2D eigenvalue weighted by molar-refractivity contribution is 0.584. The van der Waals surface area contributed by atoms with Crippen LogP contribution < -0.4 is 5.32 Å². The molecule has 1 aromatic heterocycles. The van der Waals surface area contributed by atoms with Gasteiger partial charge in [0.2, 0.25) is 0 Å². The molecule has 0 fully saturated rings. The molecule has 6 heteroatoms. The van der Waals surface area contributed by atoms with E-state index in [1.807, 2.05) is 24.3 Å². The van der Waals surface area contributed by atoms with E-state index in [9.17, 15) is 0 Å². The SMILES string of the molecule is CCCNC(c1ccc(Cl)c(Cl)c1)c1ncc(Br)cc1Br. The molecule has 2 rings (SSSR count). The van der Waals surface area contributed by atoms with Gasteiger partial charge in [-0.25, -0.2) is 0 Å². The number of hydrogen-bond acceptors (Lipinski definition) is 2. The predicted octanol–water partition coefficient (Wildman–Crippen LogP) is 6.00. The second-order valence-electron chi connectivity index (χ2n) is 4.58. The minimum Gasteiger partial charge on any atom is -0.305 e. The fraction of sp³-hybridized carbons (Fsp3) is 0.267. The number of halogens is 4. The summed E-state index contributed by atoms with van der Waals surface area (Å²) in [7, 11) is 0. The van der Waals surface area contributed by atoms with Gasteiger partial charge in [-0.15, -0.1) is 0 Å². The van der Waals surface area contributed by atoms with Crippen molar-refractivity contribution in [1.29, 1.82) is 0 Å². The third-order valence-electron chi connectivity index (χ3n) is 2.99. The van der Waals surface area contributed by atoms with Crippen molar-refractivity contribution in [2.24, 2.45) is 0 Å². The van der Waals surface area contributed by atoms with Crippen LogP contribution >= 0.6 is 55.1 Å². The summed E-state index contributed by atoms with van der Waals surface area (Å²) >= 11 is 19.2. The highest BCUT2D eigenvalue weighted by molar-refractivity contribution is 9.11. The van der Waals surface area contributed by atoms with Crippen molar-refractivity contribution in [3.05, 3.63) is 60.7 Å². The molecule has 0 spiro atoms. The minimum absolute atomic E-state index is 0.0396. The lowest BCUT2D eigenvalue weighted by atomic mass is 10.0. The first-order chi connectivity index (χ1) is 10.0. The number of rotatable bonds is 5. The lowest BCUT2D eigenvalue weighted by Gasteiger charge is -2.20. The molecule has 0 aliphatic heterocycles. The van der Waals surface area contributed by atoms with Gasteiger partial charge in [-0.3, -0.25) is 4.98 Å². The third-order valence-corrected chi connectivity index (χ3v) is 4.79. The molecule has 1 atom stereocenters. The normalized spacial score (nSPS) is 12.4. The van der Waals surface area contributed by atoms with E-state index in [2.05, 4.69) is 49.1 Å². The zero-order valence-corrected chi connectivity index (χ0v) is 16.0. The largest absolute Gasteiger partial charge is 0.305 e. The van der Waals surface area contributed by atoms with E-state index in [-0.39, 0.29) is 6.04 Å². The smallest absolute Gasteiger partial charge is 0.0763 e. The lowest BCUT2D eigenvalue weighted by Crippen LogP contribution is -2.24. The Morgan fingerprint density at radius 2 is 1.95 bits per heavy atom. The van der Waals surface area contributed by atoms with Crippen LogP contribution in [0.1, 0.15) is 30.6 Å². The molecule has 0 aliphatic carbocycles. The fourth-order valence-corrected chi connectivity index (χ4v) is 3.51. The summed E-state index contributed by atoms with van der Waals surface area (Å²) < 4.78 is 1.87. The molecule has 0 saturated heterocycles. The first-order valence-electron chi connectivity index (χ1n) is 6.52. The summed E-state index contributed by atoms with van der Waals surface area (Å²) in [6, 6.07) is 7.61. The van der Waals surface area contributed by atoms with Gasteiger partial charge in [0.15, 0.2) is 0 Å². The van der Waals surface area contributed by atoms with Crippen LogP contribution in [0.25, 0.3) is 0 Å². The number of aromatic nitrogens is 1. The van der Waals surface area contributed by atoms with Crippen molar-refractivity contribution in [3.8, 4) is 0 Å². The van der Waals surface area contributed by atoms with Crippen LogP contribution in [0.4, 0.5) is 0 Å². The van der Waals surface area contributed by atoms with E-state index in [0.29, 0.717) is 10.0 Å². The monoisotopic (exact) mass is 450 g/mol. The van der Waals surface area contributed by atoms with Gasteiger partial charge < -0.3 is 5.32 Å². The highest BCUT2D eigenvalue weighted by Gasteiger charge is 2.19. The summed E-state index contributed by atoms with van der Waals surface area (Å²) in [4.78, 5) is 4.53. The molecule has 2 aromatic rings. The molecule has 0 radical (unpaired) electrons. The van der Waals surface area contributed by atoms with E-state index in [1.54, 1.807) is 6.20 Å². The van der Waals surface area contributed by atoms with E-state index in [0.717, 1.165) is 33.2 Å². The van der Waals surface area contributed by atoms with Crippen molar-refractivity contribution in [2.45, 2.75) is 19.4 Å². The molecule has 0 saturated carbocycles. The maximum absolute atomic E-state index is 6.15. The number of hydrogen-bond donors (Lipinski definition) is 1.